The van der Waals surface area contributed by atoms with Gasteiger partial charge in [0.05, 0.1) is 10.7 Å². The zero-order valence-corrected chi connectivity index (χ0v) is 15.6. The van der Waals surface area contributed by atoms with E-state index in [1.807, 2.05) is 43.3 Å². The van der Waals surface area contributed by atoms with Gasteiger partial charge in [-0.2, -0.15) is 4.98 Å². The molecule has 0 spiro atoms. The van der Waals surface area contributed by atoms with Crippen molar-refractivity contribution in [2.75, 3.05) is 11.9 Å². The van der Waals surface area contributed by atoms with Crippen LogP contribution in [0.3, 0.4) is 0 Å². The summed E-state index contributed by atoms with van der Waals surface area (Å²) in [6.45, 7) is 2.63. The monoisotopic (exact) mass is 382 g/mol. The molecule has 138 valence electrons. The summed E-state index contributed by atoms with van der Waals surface area (Å²) in [7, 11) is 0. The number of nitrogens with zero attached hydrogens (tertiary/aromatic N) is 3. The summed E-state index contributed by atoms with van der Waals surface area (Å²) in [5.74, 6) is 1.00. The molecule has 2 heterocycles. The number of urea groups is 1. The first-order valence-electron chi connectivity index (χ1n) is 8.85. The van der Waals surface area contributed by atoms with E-state index in [1.54, 1.807) is 17.0 Å². The van der Waals surface area contributed by atoms with E-state index < -0.39 is 0 Å². The number of carbonyl (C=O) groups excluding carboxylic acids is 1. The lowest BCUT2D eigenvalue weighted by molar-refractivity contribution is 0.193. The molecule has 1 aliphatic heterocycles. The Kier molecular flexibility index (Phi) is 4.81. The molecule has 6 nitrogen and oxygen atoms in total. The van der Waals surface area contributed by atoms with Crippen molar-refractivity contribution in [3.8, 4) is 11.4 Å². The van der Waals surface area contributed by atoms with Crippen LogP contribution >= 0.6 is 11.6 Å². The van der Waals surface area contributed by atoms with Gasteiger partial charge in [-0.05, 0) is 37.5 Å². The molecule has 1 unspecified atom stereocenters. The van der Waals surface area contributed by atoms with Crippen LogP contribution in [0.2, 0.25) is 5.02 Å². The van der Waals surface area contributed by atoms with Gasteiger partial charge in [-0.15, -0.1) is 0 Å². The lowest BCUT2D eigenvalue weighted by atomic mass is 10.1. The second-order valence-electron chi connectivity index (χ2n) is 6.53. The Morgan fingerprint density at radius 1 is 1.22 bits per heavy atom. The highest BCUT2D eigenvalue weighted by Gasteiger charge is 2.34. The third kappa shape index (κ3) is 3.53. The first kappa shape index (κ1) is 17.5. The van der Waals surface area contributed by atoms with Gasteiger partial charge in [0, 0.05) is 12.1 Å². The van der Waals surface area contributed by atoms with E-state index in [2.05, 4.69) is 15.5 Å². The van der Waals surface area contributed by atoms with E-state index in [4.69, 9.17) is 16.1 Å². The van der Waals surface area contributed by atoms with Gasteiger partial charge in [0.2, 0.25) is 11.7 Å². The number of likely N-dealkylation sites (tertiary alicyclic amines) is 1. The van der Waals surface area contributed by atoms with Gasteiger partial charge < -0.3 is 14.7 Å². The van der Waals surface area contributed by atoms with Crippen molar-refractivity contribution in [2.24, 2.45) is 0 Å². The smallest absolute Gasteiger partial charge is 0.322 e. The van der Waals surface area contributed by atoms with Gasteiger partial charge in [-0.1, -0.05) is 53.2 Å². The highest BCUT2D eigenvalue weighted by Crippen LogP contribution is 2.33. The predicted octanol–water partition coefficient (Wildman–Crippen LogP) is 5.07. The zero-order valence-electron chi connectivity index (χ0n) is 14.9. The van der Waals surface area contributed by atoms with E-state index in [-0.39, 0.29) is 12.1 Å². The van der Waals surface area contributed by atoms with Crippen LogP contribution in [-0.4, -0.2) is 27.6 Å². The van der Waals surface area contributed by atoms with Crippen molar-refractivity contribution in [1.82, 2.24) is 15.0 Å². The number of rotatable bonds is 3. The van der Waals surface area contributed by atoms with Gasteiger partial charge in [-0.3, -0.25) is 0 Å². The number of anilines is 1. The summed E-state index contributed by atoms with van der Waals surface area (Å²) in [6, 6.07) is 14.6. The number of para-hydroxylation sites is 1. The van der Waals surface area contributed by atoms with Crippen LogP contribution in [0.15, 0.2) is 53.1 Å². The zero-order chi connectivity index (χ0) is 18.8. The highest BCUT2D eigenvalue weighted by atomic mass is 35.5. The van der Waals surface area contributed by atoms with Crippen LogP contribution in [0.4, 0.5) is 10.5 Å². The molecule has 2 amide bonds. The number of aromatic nitrogens is 2. The molecule has 1 N–H and O–H groups in total. The largest absolute Gasteiger partial charge is 0.337 e. The minimum Gasteiger partial charge on any atom is -0.337 e. The molecule has 27 heavy (non-hydrogen) atoms. The summed E-state index contributed by atoms with van der Waals surface area (Å²) >= 11 is 6.14. The molecule has 0 radical (unpaired) electrons. The molecule has 4 rings (SSSR count). The van der Waals surface area contributed by atoms with E-state index in [0.29, 0.717) is 29.0 Å². The molecule has 2 aromatic carbocycles. The molecule has 0 aliphatic carbocycles. The number of carbonyl (C=O) groups is 1. The van der Waals surface area contributed by atoms with Crippen LogP contribution in [0.5, 0.6) is 0 Å². The van der Waals surface area contributed by atoms with Crippen molar-refractivity contribution in [2.45, 2.75) is 25.8 Å². The molecule has 1 aromatic heterocycles. The fourth-order valence-electron chi connectivity index (χ4n) is 3.32. The number of amides is 2. The molecule has 0 bridgehead atoms. The Bertz CT molecular complexity index is 972. The second kappa shape index (κ2) is 7.40. The molecule has 3 aromatic rings. The summed E-state index contributed by atoms with van der Waals surface area (Å²) < 4.78 is 5.50. The number of hydrogen-bond acceptors (Lipinski definition) is 4. The Morgan fingerprint density at radius 2 is 2.00 bits per heavy atom. The Morgan fingerprint density at radius 3 is 2.81 bits per heavy atom. The summed E-state index contributed by atoms with van der Waals surface area (Å²) in [6.07, 6.45) is 1.66. The van der Waals surface area contributed by atoms with Crippen LogP contribution in [0, 0.1) is 6.92 Å². The summed E-state index contributed by atoms with van der Waals surface area (Å²) in [4.78, 5) is 19.0. The Labute approximate surface area is 162 Å². The first-order valence-corrected chi connectivity index (χ1v) is 9.23. The normalized spacial score (nSPS) is 16.5. The van der Waals surface area contributed by atoms with Gasteiger partial charge in [0.15, 0.2) is 0 Å². The van der Waals surface area contributed by atoms with Crippen LogP contribution in [0.25, 0.3) is 11.4 Å². The number of nitrogens with one attached hydrogen (secondary N) is 1. The molecule has 0 saturated carbocycles. The maximum absolute atomic E-state index is 12.7. The standard InChI is InChI=1S/C20H19ClN4O2/c1-13-7-2-3-8-14(13)18-23-19(27-24-18)17-11-6-12-25(17)20(26)22-16-10-5-4-9-15(16)21/h2-5,7-10,17H,6,11-12H2,1H3,(H,22,26). The third-order valence-electron chi connectivity index (χ3n) is 4.74. The lowest BCUT2D eigenvalue weighted by Gasteiger charge is -2.22. The molecule has 1 atom stereocenters. The highest BCUT2D eigenvalue weighted by molar-refractivity contribution is 6.33. The van der Waals surface area contributed by atoms with Crippen LogP contribution < -0.4 is 5.32 Å². The van der Waals surface area contributed by atoms with Crippen molar-refractivity contribution >= 4 is 23.3 Å². The SMILES string of the molecule is Cc1ccccc1-c1noc(C2CCCN2C(=O)Nc2ccccc2Cl)n1. The van der Waals surface area contributed by atoms with Crippen molar-refractivity contribution < 1.29 is 9.32 Å². The van der Waals surface area contributed by atoms with Crippen molar-refractivity contribution in [3.63, 3.8) is 0 Å². The maximum Gasteiger partial charge on any atom is 0.322 e. The molecule has 7 heteroatoms. The summed E-state index contributed by atoms with van der Waals surface area (Å²) in [5, 5.41) is 7.48. The quantitative estimate of drug-likeness (QED) is 0.686. The predicted molar refractivity (Wildman–Crippen MR) is 104 cm³/mol. The molecular weight excluding hydrogens is 364 g/mol. The summed E-state index contributed by atoms with van der Waals surface area (Å²) in [5.41, 5.74) is 2.59. The lowest BCUT2D eigenvalue weighted by Crippen LogP contribution is -2.34. The number of aryl methyl sites for hydroxylation is 1. The van der Waals surface area contributed by atoms with Gasteiger partial charge in [0.25, 0.3) is 0 Å². The minimum atomic E-state index is -0.238. The van der Waals surface area contributed by atoms with Crippen LogP contribution in [0.1, 0.15) is 30.3 Å². The van der Waals surface area contributed by atoms with Gasteiger partial charge in [-0.25, -0.2) is 4.79 Å². The fraction of sp³-hybridized carbons (Fsp3) is 0.250. The number of halogens is 1. The van der Waals surface area contributed by atoms with Crippen molar-refractivity contribution in [3.05, 3.63) is 65.0 Å². The topological polar surface area (TPSA) is 71.3 Å². The van der Waals surface area contributed by atoms with Crippen LogP contribution in [-0.2, 0) is 0 Å². The van der Waals surface area contributed by atoms with E-state index in [1.165, 1.54) is 0 Å². The molecule has 1 aliphatic rings. The average molecular weight is 383 g/mol. The first-order chi connectivity index (χ1) is 13.1. The van der Waals surface area contributed by atoms with Gasteiger partial charge in [0.1, 0.15) is 6.04 Å². The Balaban J connectivity index is 1.54. The van der Waals surface area contributed by atoms with E-state index >= 15 is 0 Å². The molecule has 1 fully saturated rings. The van der Waals surface area contributed by atoms with E-state index in [0.717, 1.165) is 24.0 Å². The average Bonchev–Trinajstić information content (AvgIpc) is 3.33. The second-order valence-corrected chi connectivity index (χ2v) is 6.94. The Hall–Kier alpha value is -2.86. The molecule has 1 saturated heterocycles. The third-order valence-corrected chi connectivity index (χ3v) is 5.07. The minimum absolute atomic E-state index is 0.221. The number of benzene rings is 2. The molecular formula is C20H19ClN4O2. The fourth-order valence-corrected chi connectivity index (χ4v) is 3.50. The van der Waals surface area contributed by atoms with Gasteiger partial charge >= 0.3 is 6.03 Å². The number of hydrogen-bond donors (Lipinski definition) is 1. The maximum atomic E-state index is 12.7. The van der Waals surface area contributed by atoms with Crippen molar-refractivity contribution in [1.29, 1.82) is 0 Å². The van der Waals surface area contributed by atoms with E-state index in [9.17, 15) is 4.79 Å².